The summed E-state index contributed by atoms with van der Waals surface area (Å²) in [6.45, 7) is 3.18. The van der Waals surface area contributed by atoms with Crippen LogP contribution in [0.3, 0.4) is 0 Å². The molecule has 1 heterocycles. The highest BCUT2D eigenvalue weighted by Crippen LogP contribution is 2.28. The van der Waals surface area contributed by atoms with Crippen LogP contribution in [0.25, 0.3) is 0 Å². The summed E-state index contributed by atoms with van der Waals surface area (Å²) in [4.78, 5) is 6.80. The Kier molecular flexibility index (Phi) is 3.65. The normalized spacial score (nSPS) is 17.3. The number of nitrogen functional groups attached to an aromatic ring is 1. The second kappa shape index (κ2) is 5.19. The highest BCUT2D eigenvalue weighted by molar-refractivity contribution is 5.62. The summed E-state index contributed by atoms with van der Waals surface area (Å²) in [5, 5.41) is 0. The Labute approximate surface area is 97.7 Å². The Bertz CT molecular complexity index is 332. The fourth-order valence-electron chi connectivity index (χ4n) is 2.62. The molecule has 1 aliphatic carbocycles. The van der Waals surface area contributed by atoms with E-state index in [-0.39, 0.29) is 0 Å². The molecule has 0 amide bonds. The lowest BCUT2D eigenvalue weighted by atomic mass is 9.94. The zero-order valence-corrected chi connectivity index (χ0v) is 10.0. The van der Waals surface area contributed by atoms with E-state index in [2.05, 4.69) is 16.8 Å². The second-order valence-electron chi connectivity index (χ2n) is 4.49. The van der Waals surface area contributed by atoms with Gasteiger partial charge in [0.25, 0.3) is 0 Å². The molecule has 1 aliphatic rings. The smallest absolute Gasteiger partial charge is 0.151 e. The summed E-state index contributed by atoms with van der Waals surface area (Å²) in [5.74, 6) is 0.969. The first-order valence-corrected chi connectivity index (χ1v) is 6.30. The van der Waals surface area contributed by atoms with Crippen molar-refractivity contribution in [2.45, 2.75) is 45.1 Å². The van der Waals surface area contributed by atoms with Crippen molar-refractivity contribution in [3.63, 3.8) is 0 Å². The quantitative estimate of drug-likeness (QED) is 0.850. The number of hydrogen-bond acceptors (Lipinski definition) is 3. The minimum Gasteiger partial charge on any atom is -0.396 e. The average Bonchev–Trinajstić information content (AvgIpc) is 2.34. The summed E-state index contributed by atoms with van der Waals surface area (Å²) >= 11 is 0. The molecule has 0 aliphatic heterocycles. The van der Waals surface area contributed by atoms with Crippen LogP contribution in [0.15, 0.2) is 18.3 Å². The minimum atomic E-state index is 0.635. The van der Waals surface area contributed by atoms with Crippen LogP contribution in [-0.4, -0.2) is 17.6 Å². The molecule has 0 saturated heterocycles. The van der Waals surface area contributed by atoms with Crippen LogP contribution in [-0.2, 0) is 0 Å². The number of aromatic nitrogens is 1. The minimum absolute atomic E-state index is 0.635. The van der Waals surface area contributed by atoms with Gasteiger partial charge < -0.3 is 10.6 Å². The van der Waals surface area contributed by atoms with Crippen LogP contribution in [0.2, 0.25) is 0 Å². The fraction of sp³-hybridized carbons (Fsp3) is 0.615. The summed E-state index contributed by atoms with van der Waals surface area (Å²) in [5.41, 5.74) is 6.80. The number of anilines is 2. The van der Waals surface area contributed by atoms with Crippen molar-refractivity contribution in [2.24, 2.45) is 0 Å². The van der Waals surface area contributed by atoms with E-state index in [4.69, 9.17) is 5.73 Å². The number of rotatable bonds is 3. The SMILES string of the molecule is CCN(c1ncccc1N)C1CCCCC1. The van der Waals surface area contributed by atoms with Crippen LogP contribution in [0, 0.1) is 0 Å². The standard InChI is InChI=1S/C13H21N3/c1-2-16(11-7-4-3-5-8-11)13-12(14)9-6-10-15-13/h6,9-11H,2-5,7-8,14H2,1H3. The lowest BCUT2D eigenvalue weighted by Gasteiger charge is -2.35. The van der Waals surface area contributed by atoms with Gasteiger partial charge in [-0.15, -0.1) is 0 Å². The molecule has 3 heteroatoms. The first-order valence-electron chi connectivity index (χ1n) is 6.30. The van der Waals surface area contributed by atoms with Gasteiger partial charge >= 0.3 is 0 Å². The maximum absolute atomic E-state index is 6.00. The Morgan fingerprint density at radius 1 is 1.38 bits per heavy atom. The van der Waals surface area contributed by atoms with Gasteiger partial charge in [-0.3, -0.25) is 0 Å². The molecule has 0 radical (unpaired) electrons. The number of hydrogen-bond donors (Lipinski definition) is 1. The second-order valence-corrected chi connectivity index (χ2v) is 4.49. The Hall–Kier alpha value is -1.25. The first-order chi connectivity index (χ1) is 7.83. The lowest BCUT2D eigenvalue weighted by Crippen LogP contribution is -2.37. The number of nitrogens with zero attached hydrogens (tertiary/aromatic N) is 2. The molecule has 1 fully saturated rings. The molecule has 88 valence electrons. The van der Waals surface area contributed by atoms with Gasteiger partial charge in [-0.05, 0) is 31.9 Å². The van der Waals surface area contributed by atoms with E-state index >= 15 is 0 Å². The zero-order valence-electron chi connectivity index (χ0n) is 10.0. The topological polar surface area (TPSA) is 42.2 Å². The molecule has 1 saturated carbocycles. The van der Waals surface area contributed by atoms with Crippen LogP contribution in [0.4, 0.5) is 11.5 Å². The third kappa shape index (κ3) is 2.29. The molecule has 2 rings (SSSR count). The van der Waals surface area contributed by atoms with E-state index in [9.17, 15) is 0 Å². The summed E-state index contributed by atoms with van der Waals surface area (Å²) < 4.78 is 0. The first kappa shape index (κ1) is 11.2. The van der Waals surface area contributed by atoms with Gasteiger partial charge in [0, 0.05) is 18.8 Å². The molecule has 1 aromatic heterocycles. The third-order valence-corrected chi connectivity index (χ3v) is 3.45. The van der Waals surface area contributed by atoms with E-state index in [1.807, 2.05) is 18.3 Å². The van der Waals surface area contributed by atoms with Gasteiger partial charge in [0.2, 0.25) is 0 Å². The van der Waals surface area contributed by atoms with Crippen molar-refractivity contribution in [1.82, 2.24) is 4.98 Å². The van der Waals surface area contributed by atoms with Gasteiger partial charge in [-0.2, -0.15) is 0 Å². The monoisotopic (exact) mass is 219 g/mol. The summed E-state index contributed by atoms with van der Waals surface area (Å²) in [7, 11) is 0. The largest absolute Gasteiger partial charge is 0.396 e. The van der Waals surface area contributed by atoms with Crippen LogP contribution >= 0.6 is 0 Å². The number of pyridine rings is 1. The lowest BCUT2D eigenvalue weighted by molar-refractivity contribution is 0.416. The van der Waals surface area contributed by atoms with E-state index in [1.54, 1.807) is 0 Å². The molecule has 0 atom stereocenters. The summed E-state index contributed by atoms with van der Waals surface area (Å²) in [6.07, 6.45) is 8.46. The maximum Gasteiger partial charge on any atom is 0.151 e. The molecule has 0 spiro atoms. The molecule has 0 unspecified atom stereocenters. The van der Waals surface area contributed by atoms with Gasteiger partial charge in [0.15, 0.2) is 5.82 Å². The average molecular weight is 219 g/mol. The van der Waals surface area contributed by atoms with E-state index in [0.29, 0.717) is 6.04 Å². The molecule has 1 aromatic rings. The molecule has 0 bridgehead atoms. The van der Waals surface area contributed by atoms with Crippen molar-refractivity contribution >= 4 is 11.5 Å². The summed E-state index contributed by atoms with van der Waals surface area (Å²) in [6, 6.07) is 4.47. The fourth-order valence-corrected chi connectivity index (χ4v) is 2.62. The molecule has 2 N–H and O–H groups in total. The van der Waals surface area contributed by atoms with Gasteiger partial charge in [0.05, 0.1) is 5.69 Å². The molecular weight excluding hydrogens is 198 g/mol. The molecule has 16 heavy (non-hydrogen) atoms. The molecule has 3 nitrogen and oxygen atoms in total. The van der Waals surface area contributed by atoms with Crippen molar-refractivity contribution in [1.29, 1.82) is 0 Å². The van der Waals surface area contributed by atoms with Crippen LogP contribution < -0.4 is 10.6 Å². The third-order valence-electron chi connectivity index (χ3n) is 3.45. The maximum atomic E-state index is 6.00. The molecule has 0 aromatic carbocycles. The van der Waals surface area contributed by atoms with Crippen molar-refractivity contribution in [3.05, 3.63) is 18.3 Å². The zero-order chi connectivity index (χ0) is 11.4. The Morgan fingerprint density at radius 3 is 2.75 bits per heavy atom. The Morgan fingerprint density at radius 2 is 2.12 bits per heavy atom. The van der Waals surface area contributed by atoms with Crippen molar-refractivity contribution < 1.29 is 0 Å². The van der Waals surface area contributed by atoms with E-state index < -0.39 is 0 Å². The van der Waals surface area contributed by atoms with Gasteiger partial charge in [0.1, 0.15) is 0 Å². The van der Waals surface area contributed by atoms with Crippen LogP contribution in [0.5, 0.6) is 0 Å². The van der Waals surface area contributed by atoms with E-state index in [0.717, 1.165) is 18.1 Å². The van der Waals surface area contributed by atoms with Gasteiger partial charge in [-0.25, -0.2) is 4.98 Å². The van der Waals surface area contributed by atoms with Crippen molar-refractivity contribution in [3.8, 4) is 0 Å². The predicted molar refractivity (Wildman–Crippen MR) is 68.5 cm³/mol. The molecular formula is C13H21N3. The van der Waals surface area contributed by atoms with E-state index in [1.165, 1.54) is 32.1 Å². The van der Waals surface area contributed by atoms with Crippen molar-refractivity contribution in [2.75, 3.05) is 17.2 Å². The Balaban J connectivity index is 2.18. The highest BCUT2D eigenvalue weighted by Gasteiger charge is 2.22. The number of nitrogens with two attached hydrogens (primary N) is 1. The van der Waals surface area contributed by atoms with Gasteiger partial charge in [-0.1, -0.05) is 19.3 Å². The van der Waals surface area contributed by atoms with Crippen LogP contribution in [0.1, 0.15) is 39.0 Å². The highest BCUT2D eigenvalue weighted by atomic mass is 15.2. The predicted octanol–water partition coefficient (Wildman–Crippen LogP) is 2.82.